The molecule has 0 saturated heterocycles. The molecule has 0 heterocycles. The molecule has 0 fully saturated rings. The van der Waals surface area contributed by atoms with E-state index in [9.17, 15) is 14.9 Å². The van der Waals surface area contributed by atoms with E-state index in [1.807, 2.05) is 0 Å². The van der Waals surface area contributed by atoms with Crippen molar-refractivity contribution in [1.82, 2.24) is 0 Å². The molecule has 0 aromatic heterocycles. The Hall–Kier alpha value is -2.60. The zero-order chi connectivity index (χ0) is 15.6. The first kappa shape index (κ1) is 14.8. The number of carbonyl (C=O) groups excluding carboxylic acids is 1. The van der Waals surface area contributed by atoms with Crippen LogP contribution in [-0.2, 0) is 0 Å². The Balaban J connectivity index is 2.28. The molecule has 2 aromatic rings. The summed E-state index contributed by atoms with van der Waals surface area (Å²) in [5, 5.41) is 13.3. The zero-order valence-corrected chi connectivity index (χ0v) is 11.8. The number of nitrogen functional groups attached to an aromatic ring is 1. The fourth-order valence-corrected chi connectivity index (χ4v) is 2.03. The largest absolute Gasteiger partial charge is 0.398 e. The summed E-state index contributed by atoms with van der Waals surface area (Å²) in [5.74, 6) is -0.379. The number of benzene rings is 2. The van der Waals surface area contributed by atoms with Gasteiger partial charge in [0.25, 0.3) is 11.6 Å². The molecule has 21 heavy (non-hydrogen) atoms. The molecule has 0 radical (unpaired) electrons. The molecule has 2 aromatic carbocycles. The fraction of sp³-hybridized carbons (Fsp3) is 0.0714. The Kier molecular flexibility index (Phi) is 4.09. The van der Waals surface area contributed by atoms with Crippen LogP contribution in [0, 0.1) is 17.0 Å². The predicted octanol–water partition coefficient (Wildman–Crippen LogP) is 3.39. The first-order valence-electron chi connectivity index (χ1n) is 6.00. The fourth-order valence-electron chi connectivity index (χ4n) is 1.81. The van der Waals surface area contributed by atoms with Crippen LogP contribution in [0.5, 0.6) is 0 Å². The highest BCUT2D eigenvalue weighted by Gasteiger charge is 2.14. The minimum Gasteiger partial charge on any atom is -0.398 e. The third-order valence-electron chi connectivity index (χ3n) is 3.03. The van der Waals surface area contributed by atoms with E-state index >= 15 is 0 Å². The van der Waals surface area contributed by atoms with Crippen molar-refractivity contribution >= 4 is 34.6 Å². The molecule has 0 atom stereocenters. The number of carbonyl (C=O) groups is 1. The number of nitrogens with one attached hydrogen (secondary N) is 1. The van der Waals surface area contributed by atoms with Gasteiger partial charge in [-0.25, -0.2) is 0 Å². The quantitative estimate of drug-likeness (QED) is 0.516. The lowest BCUT2D eigenvalue weighted by Gasteiger charge is -2.10. The summed E-state index contributed by atoms with van der Waals surface area (Å²) in [5.41, 5.74) is 7.51. The Morgan fingerprint density at radius 2 is 2.05 bits per heavy atom. The van der Waals surface area contributed by atoms with Gasteiger partial charge in [0.15, 0.2) is 0 Å². The second-order valence-electron chi connectivity index (χ2n) is 4.40. The van der Waals surface area contributed by atoms with Crippen LogP contribution >= 0.6 is 11.6 Å². The predicted molar refractivity (Wildman–Crippen MR) is 81.7 cm³/mol. The van der Waals surface area contributed by atoms with Gasteiger partial charge in [0.1, 0.15) is 0 Å². The smallest absolute Gasteiger partial charge is 0.271 e. The molecule has 0 unspecified atom stereocenters. The summed E-state index contributed by atoms with van der Waals surface area (Å²) in [4.78, 5) is 22.3. The molecule has 6 nitrogen and oxygen atoms in total. The summed E-state index contributed by atoms with van der Waals surface area (Å²) in [6.07, 6.45) is 0. The maximum atomic E-state index is 12.2. The van der Waals surface area contributed by atoms with Crippen molar-refractivity contribution in [3.05, 3.63) is 62.7 Å². The van der Waals surface area contributed by atoms with Crippen LogP contribution in [0.1, 0.15) is 15.9 Å². The monoisotopic (exact) mass is 305 g/mol. The van der Waals surface area contributed by atoms with E-state index in [1.54, 1.807) is 25.1 Å². The molecule has 0 aliphatic rings. The summed E-state index contributed by atoms with van der Waals surface area (Å²) in [6, 6.07) is 8.86. The summed E-state index contributed by atoms with van der Waals surface area (Å²) in [7, 11) is 0. The van der Waals surface area contributed by atoms with Gasteiger partial charge in [-0.15, -0.1) is 0 Å². The number of hydrogen-bond donors (Lipinski definition) is 2. The summed E-state index contributed by atoms with van der Waals surface area (Å²) < 4.78 is 0. The molecule has 3 N–H and O–H groups in total. The van der Waals surface area contributed by atoms with E-state index in [-0.39, 0.29) is 16.6 Å². The number of nitrogens with two attached hydrogens (primary N) is 1. The van der Waals surface area contributed by atoms with Crippen molar-refractivity contribution in [2.45, 2.75) is 6.92 Å². The first-order valence-corrected chi connectivity index (χ1v) is 6.38. The minimum atomic E-state index is -0.556. The normalized spacial score (nSPS) is 10.2. The molecule has 0 saturated carbocycles. The molecule has 0 aliphatic heterocycles. The lowest BCUT2D eigenvalue weighted by atomic mass is 10.1. The van der Waals surface area contributed by atoms with Gasteiger partial charge < -0.3 is 11.1 Å². The van der Waals surface area contributed by atoms with Crippen LogP contribution in [-0.4, -0.2) is 10.8 Å². The number of nitrogens with zero attached hydrogens (tertiary/aromatic N) is 1. The molecular weight excluding hydrogens is 294 g/mol. The summed E-state index contributed by atoms with van der Waals surface area (Å²) >= 11 is 5.93. The van der Waals surface area contributed by atoms with Crippen LogP contribution in [0.3, 0.4) is 0 Å². The third kappa shape index (κ3) is 3.11. The van der Waals surface area contributed by atoms with Gasteiger partial charge in [0.05, 0.1) is 15.6 Å². The number of amides is 1. The van der Waals surface area contributed by atoms with E-state index < -0.39 is 4.92 Å². The van der Waals surface area contributed by atoms with Crippen molar-refractivity contribution in [3.8, 4) is 0 Å². The van der Waals surface area contributed by atoms with Gasteiger partial charge in [-0.05, 0) is 30.7 Å². The topological polar surface area (TPSA) is 98.3 Å². The number of non-ortho nitro benzene ring substituents is 1. The molecule has 108 valence electrons. The lowest BCUT2D eigenvalue weighted by molar-refractivity contribution is -0.384. The Labute approximate surface area is 125 Å². The van der Waals surface area contributed by atoms with Gasteiger partial charge in [-0.2, -0.15) is 0 Å². The van der Waals surface area contributed by atoms with Crippen LogP contribution in [0.4, 0.5) is 17.1 Å². The molecule has 0 spiro atoms. The second kappa shape index (κ2) is 5.80. The third-order valence-corrected chi connectivity index (χ3v) is 3.34. The Morgan fingerprint density at radius 3 is 2.67 bits per heavy atom. The van der Waals surface area contributed by atoms with Crippen molar-refractivity contribution < 1.29 is 9.72 Å². The standard InChI is InChI=1S/C14H12ClN3O3/c1-8-10(3-2-4-12(8)16)14(19)17-13-6-5-9(18(20)21)7-11(13)15/h2-7H,16H2,1H3,(H,17,19). The van der Waals surface area contributed by atoms with Gasteiger partial charge in [-0.1, -0.05) is 17.7 Å². The van der Waals surface area contributed by atoms with Crippen LogP contribution in [0.2, 0.25) is 5.02 Å². The number of nitro groups is 1. The van der Waals surface area contributed by atoms with Crippen LogP contribution in [0.15, 0.2) is 36.4 Å². The molecule has 1 amide bonds. The average Bonchev–Trinajstić information content (AvgIpc) is 2.43. The van der Waals surface area contributed by atoms with Gasteiger partial charge in [0, 0.05) is 23.4 Å². The van der Waals surface area contributed by atoms with Gasteiger partial charge in [-0.3, -0.25) is 14.9 Å². The van der Waals surface area contributed by atoms with E-state index in [0.29, 0.717) is 22.5 Å². The zero-order valence-electron chi connectivity index (χ0n) is 11.1. The van der Waals surface area contributed by atoms with Crippen molar-refractivity contribution in [2.75, 3.05) is 11.1 Å². The number of nitro benzene ring substituents is 1. The van der Waals surface area contributed by atoms with E-state index in [1.165, 1.54) is 18.2 Å². The van der Waals surface area contributed by atoms with Crippen LogP contribution < -0.4 is 11.1 Å². The SMILES string of the molecule is Cc1c(N)cccc1C(=O)Nc1ccc([N+](=O)[O-])cc1Cl. The van der Waals surface area contributed by atoms with Gasteiger partial charge >= 0.3 is 0 Å². The van der Waals surface area contributed by atoms with E-state index in [2.05, 4.69) is 5.32 Å². The average molecular weight is 306 g/mol. The van der Waals surface area contributed by atoms with Crippen molar-refractivity contribution in [3.63, 3.8) is 0 Å². The van der Waals surface area contributed by atoms with Crippen molar-refractivity contribution in [2.24, 2.45) is 0 Å². The molecule has 0 aliphatic carbocycles. The highest BCUT2D eigenvalue weighted by molar-refractivity contribution is 6.34. The van der Waals surface area contributed by atoms with E-state index in [0.717, 1.165) is 0 Å². The first-order chi connectivity index (χ1) is 9.90. The maximum Gasteiger partial charge on any atom is 0.271 e. The summed E-state index contributed by atoms with van der Waals surface area (Å²) in [6.45, 7) is 1.74. The highest BCUT2D eigenvalue weighted by Crippen LogP contribution is 2.27. The maximum absolute atomic E-state index is 12.2. The van der Waals surface area contributed by atoms with Crippen molar-refractivity contribution in [1.29, 1.82) is 0 Å². The number of hydrogen-bond acceptors (Lipinski definition) is 4. The Morgan fingerprint density at radius 1 is 1.33 bits per heavy atom. The molecule has 0 bridgehead atoms. The molecule has 7 heteroatoms. The number of halogens is 1. The van der Waals surface area contributed by atoms with Crippen LogP contribution in [0.25, 0.3) is 0 Å². The highest BCUT2D eigenvalue weighted by atomic mass is 35.5. The number of anilines is 2. The number of rotatable bonds is 3. The van der Waals surface area contributed by atoms with Gasteiger partial charge in [0.2, 0.25) is 0 Å². The molecule has 2 rings (SSSR count). The lowest BCUT2D eigenvalue weighted by Crippen LogP contribution is -2.14. The van der Waals surface area contributed by atoms with E-state index in [4.69, 9.17) is 17.3 Å². The minimum absolute atomic E-state index is 0.0964. The Bertz CT molecular complexity index is 731. The second-order valence-corrected chi connectivity index (χ2v) is 4.80. The molecular formula is C14H12ClN3O3.